The van der Waals surface area contributed by atoms with Gasteiger partial charge in [0, 0.05) is 11.3 Å². The predicted octanol–water partition coefficient (Wildman–Crippen LogP) is 3.86. The number of benzene rings is 2. The summed E-state index contributed by atoms with van der Waals surface area (Å²) in [5, 5.41) is 0.346. The van der Waals surface area contributed by atoms with Crippen LogP contribution in [0.5, 0.6) is 5.75 Å². The van der Waals surface area contributed by atoms with Crippen molar-refractivity contribution in [2.45, 2.75) is 13.8 Å². The van der Waals surface area contributed by atoms with Crippen LogP contribution in [0.1, 0.15) is 28.4 Å². The molecule has 0 spiro atoms. The monoisotopic (exact) mass is 289 g/mol. The summed E-state index contributed by atoms with van der Waals surface area (Å²) in [5.41, 5.74) is 8.10. The van der Waals surface area contributed by atoms with Crippen molar-refractivity contribution >= 4 is 23.1 Å². The van der Waals surface area contributed by atoms with Crippen molar-refractivity contribution in [3.05, 3.63) is 58.1 Å². The standard InChI is InChI=1S/C16H16ClNO2/c1-3-20-15-7-4-10(2)8-13(15)16(19)12-6-5-11(18)9-14(12)17/h4-9H,3,18H2,1-2H3. The fourth-order valence-electron chi connectivity index (χ4n) is 1.96. The third-order valence-corrected chi connectivity index (χ3v) is 3.23. The van der Waals surface area contributed by atoms with Crippen LogP contribution in [0.3, 0.4) is 0 Å². The van der Waals surface area contributed by atoms with E-state index in [-0.39, 0.29) is 5.78 Å². The molecule has 2 aromatic carbocycles. The molecule has 0 amide bonds. The number of halogens is 1. The minimum Gasteiger partial charge on any atom is -0.493 e. The number of ketones is 1. The minimum atomic E-state index is -0.165. The number of ether oxygens (including phenoxy) is 1. The Labute approximate surface area is 123 Å². The lowest BCUT2D eigenvalue weighted by atomic mass is 10.0. The first kappa shape index (κ1) is 14.4. The molecule has 104 valence electrons. The van der Waals surface area contributed by atoms with Crippen LogP contribution in [0.15, 0.2) is 36.4 Å². The summed E-state index contributed by atoms with van der Waals surface area (Å²) >= 11 is 6.10. The van der Waals surface area contributed by atoms with E-state index in [2.05, 4.69) is 0 Å². The van der Waals surface area contributed by atoms with Crippen LogP contribution in [0.25, 0.3) is 0 Å². The lowest BCUT2D eigenvalue weighted by Crippen LogP contribution is -2.07. The van der Waals surface area contributed by atoms with Crippen molar-refractivity contribution in [1.82, 2.24) is 0 Å². The molecule has 0 aliphatic heterocycles. The van der Waals surface area contributed by atoms with E-state index in [9.17, 15) is 4.79 Å². The number of rotatable bonds is 4. The largest absolute Gasteiger partial charge is 0.493 e. The van der Waals surface area contributed by atoms with Crippen LogP contribution in [-0.4, -0.2) is 12.4 Å². The second-order valence-electron chi connectivity index (χ2n) is 4.50. The maximum Gasteiger partial charge on any atom is 0.198 e. The molecule has 0 bridgehead atoms. The highest BCUT2D eigenvalue weighted by molar-refractivity contribution is 6.35. The molecule has 2 N–H and O–H groups in total. The fraction of sp³-hybridized carbons (Fsp3) is 0.188. The van der Waals surface area contributed by atoms with Gasteiger partial charge in [-0.05, 0) is 44.2 Å². The third-order valence-electron chi connectivity index (χ3n) is 2.92. The van der Waals surface area contributed by atoms with Gasteiger partial charge in [0.05, 0.1) is 17.2 Å². The summed E-state index contributed by atoms with van der Waals surface area (Å²) in [4.78, 5) is 12.6. The van der Waals surface area contributed by atoms with E-state index in [4.69, 9.17) is 22.1 Å². The van der Waals surface area contributed by atoms with Gasteiger partial charge in [0.25, 0.3) is 0 Å². The van der Waals surface area contributed by atoms with Crippen LogP contribution in [-0.2, 0) is 0 Å². The Hall–Kier alpha value is -2.00. The van der Waals surface area contributed by atoms with Crippen molar-refractivity contribution in [2.75, 3.05) is 12.3 Å². The maximum absolute atomic E-state index is 12.6. The Kier molecular flexibility index (Phi) is 4.30. The summed E-state index contributed by atoms with van der Waals surface area (Å²) in [5.74, 6) is 0.401. The maximum atomic E-state index is 12.6. The van der Waals surface area contributed by atoms with Crippen molar-refractivity contribution in [1.29, 1.82) is 0 Å². The zero-order valence-electron chi connectivity index (χ0n) is 11.4. The van der Waals surface area contributed by atoms with Gasteiger partial charge in [-0.3, -0.25) is 4.79 Å². The Morgan fingerprint density at radius 2 is 1.95 bits per heavy atom. The summed E-state index contributed by atoms with van der Waals surface area (Å²) < 4.78 is 5.51. The minimum absolute atomic E-state index is 0.165. The first-order chi connectivity index (χ1) is 9.52. The molecule has 0 unspecified atom stereocenters. The molecular formula is C16H16ClNO2. The van der Waals surface area contributed by atoms with Gasteiger partial charge in [-0.2, -0.15) is 0 Å². The van der Waals surface area contributed by atoms with Crippen molar-refractivity contribution < 1.29 is 9.53 Å². The molecule has 0 saturated heterocycles. The second kappa shape index (κ2) is 5.97. The summed E-state index contributed by atoms with van der Waals surface area (Å²) in [6.45, 7) is 4.31. The van der Waals surface area contributed by atoms with Crippen LogP contribution >= 0.6 is 11.6 Å². The molecule has 0 heterocycles. The number of nitrogens with two attached hydrogens (primary N) is 1. The van der Waals surface area contributed by atoms with Crippen LogP contribution in [0.2, 0.25) is 5.02 Å². The highest BCUT2D eigenvalue weighted by Gasteiger charge is 2.17. The van der Waals surface area contributed by atoms with E-state index in [1.165, 1.54) is 0 Å². The normalized spacial score (nSPS) is 10.3. The zero-order chi connectivity index (χ0) is 14.7. The van der Waals surface area contributed by atoms with E-state index in [1.54, 1.807) is 30.3 Å². The van der Waals surface area contributed by atoms with E-state index in [1.807, 2.05) is 19.9 Å². The second-order valence-corrected chi connectivity index (χ2v) is 4.91. The van der Waals surface area contributed by atoms with Gasteiger partial charge in [-0.1, -0.05) is 23.2 Å². The first-order valence-corrected chi connectivity index (χ1v) is 6.74. The van der Waals surface area contributed by atoms with E-state index < -0.39 is 0 Å². The highest BCUT2D eigenvalue weighted by atomic mass is 35.5. The van der Waals surface area contributed by atoms with Gasteiger partial charge in [0.1, 0.15) is 5.75 Å². The quantitative estimate of drug-likeness (QED) is 0.687. The Morgan fingerprint density at radius 1 is 1.20 bits per heavy atom. The van der Waals surface area contributed by atoms with Crippen molar-refractivity contribution in [3.8, 4) is 5.75 Å². The molecule has 0 saturated carbocycles. The van der Waals surface area contributed by atoms with E-state index in [0.717, 1.165) is 5.56 Å². The first-order valence-electron chi connectivity index (χ1n) is 6.36. The number of anilines is 1. The number of aryl methyl sites for hydroxylation is 1. The number of carbonyl (C=O) groups is 1. The summed E-state index contributed by atoms with van der Waals surface area (Å²) in [6.07, 6.45) is 0. The molecule has 2 rings (SSSR count). The molecule has 0 fully saturated rings. The summed E-state index contributed by atoms with van der Waals surface area (Å²) in [6, 6.07) is 10.4. The van der Waals surface area contributed by atoms with Gasteiger partial charge in [-0.15, -0.1) is 0 Å². The zero-order valence-corrected chi connectivity index (χ0v) is 12.2. The predicted molar refractivity (Wildman–Crippen MR) is 81.6 cm³/mol. The van der Waals surface area contributed by atoms with Gasteiger partial charge in [-0.25, -0.2) is 0 Å². The molecule has 2 aromatic rings. The Balaban J connectivity index is 2.49. The number of hydrogen-bond donors (Lipinski definition) is 1. The molecule has 0 aliphatic rings. The molecule has 4 heteroatoms. The molecule has 0 aromatic heterocycles. The van der Waals surface area contributed by atoms with Crippen LogP contribution in [0.4, 0.5) is 5.69 Å². The highest BCUT2D eigenvalue weighted by Crippen LogP contribution is 2.27. The SMILES string of the molecule is CCOc1ccc(C)cc1C(=O)c1ccc(N)cc1Cl. The van der Waals surface area contributed by atoms with Gasteiger partial charge in [0.15, 0.2) is 5.78 Å². The molecule has 0 atom stereocenters. The number of carbonyl (C=O) groups excluding carboxylic acids is 1. The van der Waals surface area contributed by atoms with Crippen molar-refractivity contribution in [2.24, 2.45) is 0 Å². The average molecular weight is 290 g/mol. The average Bonchev–Trinajstić information content (AvgIpc) is 2.40. The topological polar surface area (TPSA) is 52.3 Å². The van der Waals surface area contributed by atoms with Gasteiger partial charge >= 0.3 is 0 Å². The number of hydrogen-bond acceptors (Lipinski definition) is 3. The third kappa shape index (κ3) is 2.94. The van der Waals surface area contributed by atoms with E-state index >= 15 is 0 Å². The molecule has 20 heavy (non-hydrogen) atoms. The lowest BCUT2D eigenvalue weighted by molar-refractivity contribution is 0.103. The smallest absolute Gasteiger partial charge is 0.198 e. The summed E-state index contributed by atoms with van der Waals surface area (Å²) in [7, 11) is 0. The Bertz CT molecular complexity index is 653. The number of nitrogen functional groups attached to an aromatic ring is 1. The van der Waals surface area contributed by atoms with E-state index in [0.29, 0.717) is 34.2 Å². The van der Waals surface area contributed by atoms with Crippen molar-refractivity contribution in [3.63, 3.8) is 0 Å². The molecule has 3 nitrogen and oxygen atoms in total. The molecular weight excluding hydrogens is 274 g/mol. The molecule has 0 radical (unpaired) electrons. The van der Waals surface area contributed by atoms with Gasteiger partial charge < -0.3 is 10.5 Å². The van der Waals surface area contributed by atoms with Crippen LogP contribution in [0, 0.1) is 6.92 Å². The fourth-order valence-corrected chi connectivity index (χ4v) is 2.24. The Morgan fingerprint density at radius 3 is 2.60 bits per heavy atom. The molecule has 0 aliphatic carbocycles. The van der Waals surface area contributed by atoms with Gasteiger partial charge in [0.2, 0.25) is 0 Å². The lowest BCUT2D eigenvalue weighted by Gasteiger charge is -2.11. The van der Waals surface area contributed by atoms with Crippen LogP contribution < -0.4 is 10.5 Å².